The van der Waals surface area contributed by atoms with Crippen molar-refractivity contribution in [2.45, 2.75) is 25.4 Å². The monoisotopic (exact) mass is 309 g/mol. The number of para-hydroxylation sites is 1. The lowest BCUT2D eigenvalue weighted by Crippen LogP contribution is -2.34. The van der Waals surface area contributed by atoms with Gasteiger partial charge >= 0.3 is 6.18 Å². The summed E-state index contributed by atoms with van der Waals surface area (Å²) in [5.41, 5.74) is 2.56. The molecule has 116 valence electrons. The van der Waals surface area contributed by atoms with Gasteiger partial charge in [0.2, 0.25) is 0 Å². The average Bonchev–Trinajstić information content (AvgIpc) is 3.06. The summed E-state index contributed by atoms with van der Waals surface area (Å²) in [4.78, 5) is 12.0. The number of benzene rings is 1. The van der Waals surface area contributed by atoms with Gasteiger partial charge in [-0.15, -0.1) is 0 Å². The van der Waals surface area contributed by atoms with Gasteiger partial charge in [0.05, 0.1) is 5.69 Å². The number of aromatic nitrogens is 2. The number of carbonyl (C=O) groups is 1. The highest BCUT2D eigenvalue weighted by Crippen LogP contribution is 2.27. The summed E-state index contributed by atoms with van der Waals surface area (Å²) in [5, 5.41) is 6.13. The Kier molecular flexibility index (Phi) is 3.64. The van der Waals surface area contributed by atoms with E-state index in [4.69, 9.17) is 0 Å². The van der Waals surface area contributed by atoms with Gasteiger partial charge in [-0.3, -0.25) is 4.79 Å². The standard InChI is InChI=1S/C15H14F3N3O/c16-15(17,18)9-19-14(22)13-11-7-4-8-12(11)21(20-13)10-5-2-1-3-6-10/h1-3,5-6H,4,7-9H2,(H,19,22). The molecule has 1 aliphatic carbocycles. The Bertz CT molecular complexity index is 692. The molecular formula is C15H14F3N3O. The number of hydrogen-bond donors (Lipinski definition) is 1. The van der Waals surface area contributed by atoms with E-state index in [0.29, 0.717) is 6.42 Å². The number of halogens is 3. The van der Waals surface area contributed by atoms with E-state index in [1.807, 2.05) is 35.6 Å². The predicted octanol–water partition coefficient (Wildman–Crippen LogP) is 2.65. The predicted molar refractivity (Wildman–Crippen MR) is 74.0 cm³/mol. The number of hydrogen-bond acceptors (Lipinski definition) is 2. The number of nitrogens with one attached hydrogen (secondary N) is 1. The van der Waals surface area contributed by atoms with Crippen molar-refractivity contribution < 1.29 is 18.0 Å². The van der Waals surface area contributed by atoms with Crippen molar-refractivity contribution in [3.8, 4) is 5.69 Å². The SMILES string of the molecule is O=C(NCC(F)(F)F)c1nn(-c2ccccc2)c2c1CCC2. The second kappa shape index (κ2) is 5.47. The van der Waals surface area contributed by atoms with Gasteiger partial charge in [0.25, 0.3) is 5.91 Å². The first kappa shape index (κ1) is 14.6. The van der Waals surface area contributed by atoms with E-state index in [9.17, 15) is 18.0 Å². The lowest BCUT2D eigenvalue weighted by atomic mass is 10.2. The number of amides is 1. The first-order valence-corrected chi connectivity index (χ1v) is 6.97. The molecule has 0 bridgehead atoms. The van der Waals surface area contributed by atoms with Gasteiger partial charge in [0, 0.05) is 11.3 Å². The van der Waals surface area contributed by atoms with Gasteiger partial charge in [0.15, 0.2) is 5.69 Å². The molecule has 2 aromatic rings. The molecule has 0 radical (unpaired) electrons. The molecule has 0 aliphatic heterocycles. The maximum atomic E-state index is 12.2. The molecule has 7 heteroatoms. The van der Waals surface area contributed by atoms with Gasteiger partial charge in [-0.1, -0.05) is 18.2 Å². The molecule has 4 nitrogen and oxygen atoms in total. The molecule has 1 amide bonds. The highest BCUT2D eigenvalue weighted by Gasteiger charge is 2.31. The van der Waals surface area contributed by atoms with E-state index in [0.717, 1.165) is 29.8 Å². The van der Waals surface area contributed by atoms with Crippen molar-refractivity contribution in [1.29, 1.82) is 0 Å². The molecule has 1 N–H and O–H groups in total. The van der Waals surface area contributed by atoms with Crippen LogP contribution in [0.5, 0.6) is 0 Å². The van der Waals surface area contributed by atoms with Gasteiger partial charge in [-0.25, -0.2) is 4.68 Å². The van der Waals surface area contributed by atoms with E-state index >= 15 is 0 Å². The molecule has 0 fully saturated rings. The molecule has 1 aromatic heterocycles. The van der Waals surface area contributed by atoms with Crippen LogP contribution in [0, 0.1) is 0 Å². The summed E-state index contributed by atoms with van der Waals surface area (Å²) in [7, 11) is 0. The van der Waals surface area contributed by atoms with E-state index in [1.54, 1.807) is 4.68 Å². The van der Waals surface area contributed by atoms with Crippen LogP contribution in [-0.4, -0.2) is 28.4 Å². The molecule has 0 saturated carbocycles. The van der Waals surface area contributed by atoms with Gasteiger partial charge in [-0.2, -0.15) is 18.3 Å². The van der Waals surface area contributed by atoms with Crippen LogP contribution in [0.2, 0.25) is 0 Å². The third-order valence-electron chi connectivity index (χ3n) is 3.60. The fourth-order valence-electron chi connectivity index (χ4n) is 2.67. The van der Waals surface area contributed by atoms with Crippen molar-refractivity contribution >= 4 is 5.91 Å². The molecule has 3 rings (SSSR count). The van der Waals surface area contributed by atoms with Crippen LogP contribution >= 0.6 is 0 Å². The molecule has 0 atom stereocenters. The van der Waals surface area contributed by atoms with Crippen molar-refractivity contribution in [3.63, 3.8) is 0 Å². The second-order valence-corrected chi connectivity index (χ2v) is 5.17. The van der Waals surface area contributed by atoms with Crippen molar-refractivity contribution in [3.05, 3.63) is 47.3 Å². The molecular weight excluding hydrogens is 295 g/mol. The van der Waals surface area contributed by atoms with E-state index < -0.39 is 18.6 Å². The molecule has 0 saturated heterocycles. The number of fused-ring (bicyclic) bond motifs is 1. The van der Waals surface area contributed by atoms with E-state index in [-0.39, 0.29) is 5.69 Å². The Hall–Kier alpha value is -2.31. The number of alkyl halides is 3. The highest BCUT2D eigenvalue weighted by molar-refractivity contribution is 5.94. The fraction of sp³-hybridized carbons (Fsp3) is 0.333. The molecule has 1 aliphatic rings. The van der Waals surface area contributed by atoms with E-state index in [2.05, 4.69) is 5.10 Å². The van der Waals surface area contributed by atoms with Crippen LogP contribution in [0.25, 0.3) is 5.69 Å². The third-order valence-corrected chi connectivity index (χ3v) is 3.60. The summed E-state index contributed by atoms with van der Waals surface area (Å²) in [6.07, 6.45) is -2.12. The van der Waals surface area contributed by atoms with E-state index in [1.165, 1.54) is 0 Å². The summed E-state index contributed by atoms with van der Waals surface area (Å²) < 4.78 is 38.4. The lowest BCUT2D eigenvalue weighted by Gasteiger charge is -2.07. The summed E-state index contributed by atoms with van der Waals surface area (Å²) in [6, 6.07) is 9.26. The summed E-state index contributed by atoms with van der Waals surface area (Å²) >= 11 is 0. The topological polar surface area (TPSA) is 46.9 Å². The van der Waals surface area contributed by atoms with Crippen molar-refractivity contribution in [2.24, 2.45) is 0 Å². The van der Waals surface area contributed by atoms with Gasteiger partial charge in [0.1, 0.15) is 6.54 Å². The maximum Gasteiger partial charge on any atom is 0.405 e. The number of rotatable bonds is 3. The van der Waals surface area contributed by atoms with Crippen LogP contribution in [0.3, 0.4) is 0 Å². The van der Waals surface area contributed by atoms with Crippen LogP contribution in [0.15, 0.2) is 30.3 Å². The van der Waals surface area contributed by atoms with Gasteiger partial charge < -0.3 is 5.32 Å². The Morgan fingerprint density at radius 3 is 2.64 bits per heavy atom. The molecule has 0 unspecified atom stereocenters. The van der Waals surface area contributed by atoms with Crippen LogP contribution in [0.1, 0.15) is 28.2 Å². The Labute approximate surface area is 124 Å². The smallest absolute Gasteiger partial charge is 0.342 e. The van der Waals surface area contributed by atoms with Gasteiger partial charge in [-0.05, 0) is 31.4 Å². The zero-order chi connectivity index (χ0) is 15.7. The Balaban J connectivity index is 1.92. The molecule has 0 spiro atoms. The largest absolute Gasteiger partial charge is 0.405 e. The lowest BCUT2D eigenvalue weighted by molar-refractivity contribution is -0.123. The summed E-state index contributed by atoms with van der Waals surface area (Å²) in [6.45, 7) is -1.35. The first-order valence-electron chi connectivity index (χ1n) is 6.97. The van der Waals surface area contributed by atoms with Crippen LogP contribution in [-0.2, 0) is 12.8 Å². The normalized spacial score (nSPS) is 14.0. The first-order chi connectivity index (χ1) is 10.5. The Morgan fingerprint density at radius 1 is 1.23 bits per heavy atom. The second-order valence-electron chi connectivity index (χ2n) is 5.17. The zero-order valence-corrected chi connectivity index (χ0v) is 11.7. The average molecular weight is 309 g/mol. The minimum absolute atomic E-state index is 0.0978. The fourth-order valence-corrected chi connectivity index (χ4v) is 2.67. The molecule has 1 heterocycles. The quantitative estimate of drug-likeness (QED) is 0.947. The minimum atomic E-state index is -4.43. The Morgan fingerprint density at radius 2 is 1.95 bits per heavy atom. The molecule has 1 aromatic carbocycles. The summed E-state index contributed by atoms with van der Waals surface area (Å²) in [5.74, 6) is -0.773. The molecule has 22 heavy (non-hydrogen) atoms. The van der Waals surface area contributed by atoms with Crippen molar-refractivity contribution in [1.82, 2.24) is 15.1 Å². The van der Waals surface area contributed by atoms with Crippen LogP contribution in [0.4, 0.5) is 13.2 Å². The zero-order valence-electron chi connectivity index (χ0n) is 11.7. The van der Waals surface area contributed by atoms with Crippen molar-refractivity contribution in [2.75, 3.05) is 6.54 Å². The highest BCUT2D eigenvalue weighted by atomic mass is 19.4. The number of carbonyl (C=O) groups excluding carboxylic acids is 1. The maximum absolute atomic E-state index is 12.2. The minimum Gasteiger partial charge on any atom is -0.342 e. The number of nitrogens with zero attached hydrogens (tertiary/aromatic N) is 2. The van der Waals surface area contributed by atoms with Crippen LogP contribution < -0.4 is 5.32 Å². The third kappa shape index (κ3) is 2.84.